The highest BCUT2D eigenvalue weighted by Gasteiger charge is 2.03. The zero-order chi connectivity index (χ0) is 13.2. The van der Waals surface area contributed by atoms with Gasteiger partial charge in [-0.2, -0.15) is 0 Å². The molecule has 0 saturated heterocycles. The van der Waals surface area contributed by atoms with Crippen molar-refractivity contribution in [3.8, 4) is 0 Å². The third-order valence-corrected chi connectivity index (χ3v) is 2.70. The molecule has 0 amide bonds. The van der Waals surface area contributed by atoms with E-state index in [0.717, 1.165) is 38.7 Å². The summed E-state index contributed by atoms with van der Waals surface area (Å²) in [6, 6.07) is 0. The van der Waals surface area contributed by atoms with Crippen molar-refractivity contribution in [2.75, 3.05) is 59.4 Å². The minimum atomic E-state index is 0.681. The number of imidazole rings is 1. The lowest BCUT2D eigenvalue weighted by atomic mass is 10.5. The lowest BCUT2D eigenvalue weighted by molar-refractivity contribution is 0.159. The fraction of sp³-hybridized carbons (Fsp3) is 0.750. The van der Waals surface area contributed by atoms with Gasteiger partial charge in [0.1, 0.15) is 0 Å². The van der Waals surface area contributed by atoms with E-state index in [9.17, 15) is 0 Å². The SMILES string of the molecule is COCCNc1nccn1CCN(C)CCOC. The number of ether oxygens (including phenoxy) is 2. The van der Waals surface area contributed by atoms with Crippen molar-refractivity contribution in [1.29, 1.82) is 0 Å². The molecule has 0 unspecified atom stereocenters. The van der Waals surface area contributed by atoms with E-state index in [1.54, 1.807) is 14.2 Å². The molecule has 0 bridgehead atoms. The molecule has 0 aromatic carbocycles. The largest absolute Gasteiger partial charge is 0.383 e. The second kappa shape index (κ2) is 8.91. The van der Waals surface area contributed by atoms with Gasteiger partial charge in [0.05, 0.1) is 13.2 Å². The van der Waals surface area contributed by atoms with Crippen LogP contribution >= 0.6 is 0 Å². The lowest BCUT2D eigenvalue weighted by Gasteiger charge is -2.17. The Kier molecular flexibility index (Phi) is 7.40. The molecule has 6 nitrogen and oxygen atoms in total. The average Bonchev–Trinajstić information content (AvgIpc) is 2.82. The zero-order valence-electron chi connectivity index (χ0n) is 11.6. The summed E-state index contributed by atoms with van der Waals surface area (Å²) >= 11 is 0. The molecule has 6 heteroatoms. The first-order valence-electron chi connectivity index (χ1n) is 6.19. The van der Waals surface area contributed by atoms with Crippen molar-refractivity contribution < 1.29 is 9.47 Å². The van der Waals surface area contributed by atoms with Crippen LogP contribution in [-0.4, -0.2) is 68.6 Å². The van der Waals surface area contributed by atoms with Gasteiger partial charge in [-0.1, -0.05) is 0 Å². The highest BCUT2D eigenvalue weighted by Crippen LogP contribution is 2.03. The van der Waals surface area contributed by atoms with Crippen LogP contribution in [0.1, 0.15) is 0 Å². The van der Waals surface area contributed by atoms with Gasteiger partial charge >= 0.3 is 0 Å². The number of nitrogens with zero attached hydrogens (tertiary/aromatic N) is 3. The maximum atomic E-state index is 5.05. The predicted octanol–water partition coefficient (Wildman–Crippen LogP) is 0.520. The molecule has 1 aromatic rings. The number of hydrogen-bond acceptors (Lipinski definition) is 5. The summed E-state index contributed by atoms with van der Waals surface area (Å²) in [5.41, 5.74) is 0. The van der Waals surface area contributed by atoms with Crippen LogP contribution in [0.3, 0.4) is 0 Å². The van der Waals surface area contributed by atoms with Crippen LogP contribution in [0.4, 0.5) is 5.95 Å². The number of likely N-dealkylation sites (N-methyl/N-ethyl adjacent to an activating group) is 1. The van der Waals surface area contributed by atoms with Gasteiger partial charge in [-0.15, -0.1) is 0 Å². The molecule has 0 spiro atoms. The van der Waals surface area contributed by atoms with Crippen LogP contribution < -0.4 is 5.32 Å². The van der Waals surface area contributed by atoms with Crippen molar-refractivity contribution in [2.45, 2.75) is 6.54 Å². The number of nitrogens with one attached hydrogen (secondary N) is 1. The molecule has 1 aromatic heterocycles. The fourth-order valence-corrected chi connectivity index (χ4v) is 1.56. The van der Waals surface area contributed by atoms with E-state index < -0.39 is 0 Å². The topological polar surface area (TPSA) is 51.5 Å². The van der Waals surface area contributed by atoms with Gasteiger partial charge in [0.15, 0.2) is 0 Å². The molecule has 104 valence electrons. The summed E-state index contributed by atoms with van der Waals surface area (Å²) < 4.78 is 12.2. The fourth-order valence-electron chi connectivity index (χ4n) is 1.56. The Morgan fingerprint density at radius 3 is 2.78 bits per heavy atom. The Labute approximate surface area is 109 Å². The highest BCUT2D eigenvalue weighted by molar-refractivity contribution is 5.25. The first kappa shape index (κ1) is 14.9. The minimum Gasteiger partial charge on any atom is -0.383 e. The maximum Gasteiger partial charge on any atom is 0.202 e. The molecule has 0 fully saturated rings. The van der Waals surface area contributed by atoms with Gasteiger partial charge in [-0.05, 0) is 7.05 Å². The van der Waals surface area contributed by atoms with E-state index in [2.05, 4.69) is 26.8 Å². The lowest BCUT2D eigenvalue weighted by Crippen LogP contribution is -2.27. The number of aromatic nitrogens is 2. The Hall–Kier alpha value is -1.11. The van der Waals surface area contributed by atoms with Crippen molar-refractivity contribution in [3.63, 3.8) is 0 Å². The van der Waals surface area contributed by atoms with Crippen LogP contribution in [0.5, 0.6) is 0 Å². The van der Waals surface area contributed by atoms with Crippen molar-refractivity contribution >= 4 is 5.95 Å². The Bertz CT molecular complexity index is 317. The first-order valence-corrected chi connectivity index (χ1v) is 6.19. The summed E-state index contributed by atoms with van der Waals surface area (Å²) in [6.07, 6.45) is 3.80. The molecule has 0 aliphatic carbocycles. The summed E-state index contributed by atoms with van der Waals surface area (Å²) in [4.78, 5) is 6.52. The molecule has 1 rings (SSSR count). The van der Waals surface area contributed by atoms with Crippen LogP contribution in [-0.2, 0) is 16.0 Å². The maximum absolute atomic E-state index is 5.05. The molecule has 1 N–H and O–H groups in total. The Morgan fingerprint density at radius 2 is 2.06 bits per heavy atom. The third kappa shape index (κ3) is 5.48. The second-order valence-electron chi connectivity index (χ2n) is 4.16. The number of methoxy groups -OCH3 is 2. The number of anilines is 1. The Morgan fingerprint density at radius 1 is 1.28 bits per heavy atom. The summed E-state index contributed by atoms with van der Waals surface area (Å²) in [5, 5.41) is 3.24. The van der Waals surface area contributed by atoms with E-state index in [4.69, 9.17) is 9.47 Å². The summed E-state index contributed by atoms with van der Waals surface area (Å²) in [7, 11) is 5.51. The van der Waals surface area contributed by atoms with E-state index >= 15 is 0 Å². The van der Waals surface area contributed by atoms with Gasteiger partial charge in [0.2, 0.25) is 5.95 Å². The number of hydrogen-bond donors (Lipinski definition) is 1. The predicted molar refractivity (Wildman–Crippen MR) is 72.0 cm³/mol. The van der Waals surface area contributed by atoms with E-state index in [0.29, 0.717) is 6.61 Å². The van der Waals surface area contributed by atoms with Crippen molar-refractivity contribution in [1.82, 2.24) is 14.5 Å². The Balaban J connectivity index is 2.30. The average molecular weight is 256 g/mol. The second-order valence-corrected chi connectivity index (χ2v) is 4.16. The molecular formula is C12H24N4O2. The quantitative estimate of drug-likeness (QED) is 0.619. The first-order chi connectivity index (χ1) is 8.77. The van der Waals surface area contributed by atoms with E-state index in [-0.39, 0.29) is 0 Å². The van der Waals surface area contributed by atoms with Gasteiger partial charge in [0.25, 0.3) is 0 Å². The number of rotatable bonds is 10. The molecule has 0 aliphatic heterocycles. The van der Waals surface area contributed by atoms with Crippen LogP contribution in [0.15, 0.2) is 12.4 Å². The molecule has 18 heavy (non-hydrogen) atoms. The standard InChI is InChI=1S/C12H24N4O2/c1-15(9-11-18-3)7-8-16-6-4-13-12(16)14-5-10-17-2/h4,6H,5,7-11H2,1-3H3,(H,13,14). The van der Waals surface area contributed by atoms with Gasteiger partial charge in [-0.3, -0.25) is 0 Å². The molecule has 1 heterocycles. The van der Waals surface area contributed by atoms with E-state index in [1.165, 1.54) is 0 Å². The monoisotopic (exact) mass is 256 g/mol. The normalized spacial score (nSPS) is 11.1. The molecule has 0 saturated carbocycles. The van der Waals surface area contributed by atoms with Crippen LogP contribution in [0, 0.1) is 0 Å². The molecule has 0 atom stereocenters. The molecular weight excluding hydrogens is 232 g/mol. The van der Waals surface area contributed by atoms with Crippen LogP contribution in [0.2, 0.25) is 0 Å². The van der Waals surface area contributed by atoms with Crippen LogP contribution in [0.25, 0.3) is 0 Å². The van der Waals surface area contributed by atoms with Crippen molar-refractivity contribution in [2.24, 2.45) is 0 Å². The van der Waals surface area contributed by atoms with Crippen molar-refractivity contribution in [3.05, 3.63) is 12.4 Å². The van der Waals surface area contributed by atoms with E-state index in [1.807, 2.05) is 12.4 Å². The smallest absolute Gasteiger partial charge is 0.202 e. The van der Waals surface area contributed by atoms with Gasteiger partial charge in [0, 0.05) is 52.8 Å². The third-order valence-electron chi connectivity index (χ3n) is 2.70. The highest BCUT2D eigenvalue weighted by atomic mass is 16.5. The zero-order valence-corrected chi connectivity index (χ0v) is 11.6. The van der Waals surface area contributed by atoms with Gasteiger partial charge < -0.3 is 24.3 Å². The molecule has 0 aliphatic rings. The molecule has 0 radical (unpaired) electrons. The summed E-state index contributed by atoms with van der Waals surface area (Å²) in [6.45, 7) is 5.04. The minimum absolute atomic E-state index is 0.681. The van der Waals surface area contributed by atoms with Gasteiger partial charge in [-0.25, -0.2) is 4.98 Å². The summed E-state index contributed by atoms with van der Waals surface area (Å²) in [5.74, 6) is 0.896.